The second kappa shape index (κ2) is 7.75. The molecule has 0 aliphatic rings. The summed E-state index contributed by atoms with van der Waals surface area (Å²) in [5.41, 5.74) is 9.55. The summed E-state index contributed by atoms with van der Waals surface area (Å²) in [5.74, 6) is 0.952. The number of nitrogens with two attached hydrogens (primary N) is 1. The first-order valence-corrected chi connectivity index (χ1v) is 9.58. The summed E-state index contributed by atoms with van der Waals surface area (Å²) in [6.45, 7) is 6.01. The number of benzene rings is 1. The summed E-state index contributed by atoms with van der Waals surface area (Å²) >= 11 is 5.95. The lowest BCUT2D eigenvalue weighted by Gasteiger charge is -2.40. The van der Waals surface area contributed by atoms with E-state index in [1.54, 1.807) is 19.4 Å². The van der Waals surface area contributed by atoms with Crippen molar-refractivity contribution in [3.05, 3.63) is 59.4 Å². The van der Waals surface area contributed by atoms with Crippen molar-refractivity contribution in [1.29, 1.82) is 0 Å². The van der Waals surface area contributed by atoms with E-state index < -0.39 is 5.21 Å². The molecule has 0 aliphatic heterocycles. The van der Waals surface area contributed by atoms with Gasteiger partial charge in [-0.3, -0.25) is 4.98 Å². The molecule has 3 rings (SSSR count). The number of halogens is 1. The Labute approximate surface area is 179 Å². The van der Waals surface area contributed by atoms with Gasteiger partial charge in [0.15, 0.2) is 0 Å². The largest absolute Gasteiger partial charge is 0.495 e. The van der Waals surface area contributed by atoms with Crippen molar-refractivity contribution in [2.24, 2.45) is 5.41 Å². The van der Waals surface area contributed by atoms with Gasteiger partial charge in [0.1, 0.15) is 16.7 Å². The Morgan fingerprint density at radius 3 is 2.31 bits per heavy atom. The first-order chi connectivity index (χ1) is 13.6. The molecule has 3 aromatic rings. The number of hydrogen-bond acceptors (Lipinski definition) is 4. The van der Waals surface area contributed by atoms with E-state index in [2.05, 4.69) is 9.97 Å². The number of ether oxygens (including phenoxy) is 1. The van der Waals surface area contributed by atoms with Gasteiger partial charge in [0.05, 0.1) is 28.5 Å². The molecule has 144 valence electrons. The average molecular weight is 402 g/mol. The van der Waals surface area contributed by atoms with Crippen LogP contribution in [-0.4, -0.2) is 32.8 Å². The van der Waals surface area contributed by atoms with Crippen molar-refractivity contribution in [1.82, 2.24) is 9.97 Å². The quantitative estimate of drug-likeness (QED) is 0.513. The minimum atomic E-state index is -1.03. The zero-order valence-corrected chi connectivity index (χ0v) is 17.8. The van der Waals surface area contributed by atoms with Crippen LogP contribution in [0.3, 0.4) is 0 Å². The molecule has 4 radical (unpaired) electrons. The topological polar surface area (TPSA) is 61.0 Å². The van der Waals surface area contributed by atoms with Gasteiger partial charge >= 0.3 is 0 Å². The molecule has 1 aromatic carbocycles. The van der Waals surface area contributed by atoms with E-state index in [0.717, 1.165) is 22.3 Å². The van der Waals surface area contributed by atoms with Gasteiger partial charge in [0, 0.05) is 22.9 Å². The van der Waals surface area contributed by atoms with Crippen LogP contribution in [0.15, 0.2) is 48.7 Å². The Balaban J connectivity index is 2.17. The third-order valence-electron chi connectivity index (χ3n) is 5.15. The maximum Gasteiger partial charge on any atom is 0.136 e. The molecule has 0 unspecified atom stereocenters. The standard InChI is InChI=1S/C22H22B2ClN3O/c1-21(2,3)22(23,24)13-10-11-27-17(12-13)16-7-5-6-14(19(16)29-4)15-8-9-18(25)28-20(15)26/h5-12H,1-4H3,(H2,26,28). The van der Waals surface area contributed by atoms with E-state index in [9.17, 15) is 0 Å². The highest BCUT2D eigenvalue weighted by Gasteiger charge is 2.33. The maximum atomic E-state index is 6.47. The first-order valence-electron chi connectivity index (χ1n) is 9.20. The minimum absolute atomic E-state index is 0.324. The van der Waals surface area contributed by atoms with Crippen LogP contribution in [0.4, 0.5) is 5.82 Å². The van der Waals surface area contributed by atoms with Crippen LogP contribution in [0.1, 0.15) is 26.3 Å². The molecule has 0 bridgehead atoms. The molecule has 0 amide bonds. The lowest BCUT2D eigenvalue weighted by molar-refractivity contribution is 0.358. The third kappa shape index (κ3) is 3.99. The van der Waals surface area contributed by atoms with Gasteiger partial charge in [0.2, 0.25) is 0 Å². The highest BCUT2D eigenvalue weighted by atomic mass is 35.5. The van der Waals surface area contributed by atoms with E-state index in [1.807, 2.05) is 57.2 Å². The van der Waals surface area contributed by atoms with Crippen molar-refractivity contribution < 1.29 is 4.74 Å². The predicted octanol–water partition coefficient (Wildman–Crippen LogP) is 4.59. The molecule has 0 spiro atoms. The Hall–Kier alpha value is -2.46. The summed E-state index contributed by atoms with van der Waals surface area (Å²) in [6, 6.07) is 13.0. The lowest BCUT2D eigenvalue weighted by Crippen LogP contribution is -2.41. The Kier molecular flexibility index (Phi) is 5.68. The average Bonchev–Trinajstić information content (AvgIpc) is 2.66. The van der Waals surface area contributed by atoms with E-state index in [1.165, 1.54) is 0 Å². The fraction of sp³-hybridized carbons (Fsp3) is 0.273. The molecular weight excluding hydrogens is 379 g/mol. The van der Waals surface area contributed by atoms with Crippen molar-refractivity contribution >= 4 is 33.1 Å². The number of methoxy groups -OCH3 is 1. The van der Waals surface area contributed by atoms with E-state index in [0.29, 0.717) is 22.4 Å². The molecule has 0 aliphatic carbocycles. The summed E-state index contributed by atoms with van der Waals surface area (Å²) in [5, 5.41) is -0.694. The number of para-hydroxylation sites is 1. The van der Waals surface area contributed by atoms with Crippen LogP contribution < -0.4 is 10.5 Å². The van der Waals surface area contributed by atoms with Crippen LogP contribution in [0, 0.1) is 5.41 Å². The molecule has 2 aromatic heterocycles. The van der Waals surface area contributed by atoms with Gasteiger partial charge in [-0.25, -0.2) is 4.98 Å². The fourth-order valence-corrected chi connectivity index (χ4v) is 3.27. The summed E-state index contributed by atoms with van der Waals surface area (Å²) in [4.78, 5) is 8.67. The normalized spacial score (nSPS) is 12.0. The van der Waals surface area contributed by atoms with Crippen LogP contribution in [-0.2, 0) is 5.21 Å². The summed E-state index contributed by atoms with van der Waals surface area (Å²) in [6.07, 6.45) is 1.70. The lowest BCUT2D eigenvalue weighted by atomic mass is 9.41. The molecule has 4 nitrogen and oxygen atoms in total. The SMILES string of the molecule is [B]C([B])(c1ccnc(-c2cccc(-c3ccc(Cl)nc3N)c2OC)c1)C(C)(C)C. The van der Waals surface area contributed by atoms with Gasteiger partial charge < -0.3 is 10.5 Å². The number of nitrogens with zero attached hydrogens (tertiary/aromatic N) is 2. The van der Waals surface area contributed by atoms with E-state index in [-0.39, 0.29) is 5.41 Å². The number of anilines is 1. The summed E-state index contributed by atoms with van der Waals surface area (Å²) in [7, 11) is 14.5. The fourth-order valence-electron chi connectivity index (χ4n) is 3.12. The van der Waals surface area contributed by atoms with E-state index in [4.69, 9.17) is 37.8 Å². The van der Waals surface area contributed by atoms with Crippen molar-refractivity contribution in [3.8, 4) is 28.1 Å². The van der Waals surface area contributed by atoms with Gasteiger partial charge in [-0.15, -0.1) is 0 Å². The van der Waals surface area contributed by atoms with Crippen molar-refractivity contribution in [2.45, 2.75) is 26.0 Å². The number of pyridine rings is 2. The van der Waals surface area contributed by atoms with Gasteiger partial charge in [-0.1, -0.05) is 55.3 Å². The molecule has 2 heterocycles. The number of rotatable bonds is 4. The van der Waals surface area contributed by atoms with E-state index >= 15 is 0 Å². The monoisotopic (exact) mass is 401 g/mol. The second-order valence-electron chi connectivity index (χ2n) is 8.00. The number of aromatic nitrogens is 2. The highest BCUT2D eigenvalue weighted by molar-refractivity contribution is 6.40. The molecule has 0 fully saturated rings. The van der Waals surface area contributed by atoms with Crippen molar-refractivity contribution in [3.63, 3.8) is 0 Å². The molecule has 0 saturated carbocycles. The molecule has 2 N–H and O–H groups in total. The Morgan fingerprint density at radius 1 is 1.00 bits per heavy atom. The smallest absolute Gasteiger partial charge is 0.136 e. The maximum absolute atomic E-state index is 6.47. The van der Waals surface area contributed by atoms with Crippen molar-refractivity contribution in [2.75, 3.05) is 12.8 Å². The van der Waals surface area contributed by atoms with Crippen LogP contribution in [0.2, 0.25) is 5.15 Å². The zero-order valence-electron chi connectivity index (χ0n) is 17.0. The van der Waals surface area contributed by atoms with Gasteiger partial charge in [-0.2, -0.15) is 0 Å². The molecule has 0 saturated heterocycles. The third-order valence-corrected chi connectivity index (χ3v) is 5.37. The zero-order chi connectivity index (χ0) is 21.4. The summed E-state index contributed by atoms with van der Waals surface area (Å²) < 4.78 is 5.74. The minimum Gasteiger partial charge on any atom is -0.495 e. The van der Waals surface area contributed by atoms with Gasteiger partial charge in [0.25, 0.3) is 0 Å². The first kappa shape index (κ1) is 21.3. The Bertz CT molecular complexity index is 1050. The molecule has 29 heavy (non-hydrogen) atoms. The Morgan fingerprint density at radius 2 is 1.69 bits per heavy atom. The predicted molar refractivity (Wildman–Crippen MR) is 122 cm³/mol. The second-order valence-corrected chi connectivity index (χ2v) is 8.39. The highest BCUT2D eigenvalue weighted by Crippen LogP contribution is 2.42. The molecular formula is C22H22B2ClN3O. The number of nitrogen functional groups attached to an aromatic ring is 1. The van der Waals surface area contributed by atoms with Crippen LogP contribution >= 0.6 is 11.6 Å². The van der Waals surface area contributed by atoms with Crippen LogP contribution in [0.5, 0.6) is 5.75 Å². The molecule has 7 heteroatoms. The van der Waals surface area contributed by atoms with Crippen LogP contribution in [0.25, 0.3) is 22.4 Å². The molecule has 0 atom stereocenters. The number of hydrogen-bond donors (Lipinski definition) is 1. The van der Waals surface area contributed by atoms with Gasteiger partial charge in [-0.05, 0) is 35.7 Å².